The molecule has 67 heavy (non-hydrogen) atoms. The fraction of sp³-hybridized carbons (Fsp3) is 0.0938. The van der Waals surface area contributed by atoms with Gasteiger partial charge in [-0.2, -0.15) is 0 Å². The van der Waals surface area contributed by atoms with E-state index in [9.17, 15) is 0 Å². The van der Waals surface area contributed by atoms with Gasteiger partial charge in [-0.05, 0) is 112 Å². The molecule has 0 spiro atoms. The van der Waals surface area contributed by atoms with Crippen molar-refractivity contribution in [3.8, 4) is 39.1 Å². The number of nitrogens with zero attached hydrogens (tertiary/aromatic N) is 2. The Bertz CT molecular complexity index is 3790. The van der Waals surface area contributed by atoms with Crippen molar-refractivity contribution in [1.82, 2.24) is 4.57 Å². The molecule has 0 atom stereocenters. The number of hydrogen-bond donors (Lipinski definition) is 0. The van der Waals surface area contributed by atoms with Crippen LogP contribution >= 0.6 is 11.3 Å². The maximum atomic E-state index is 2.50. The first-order valence-electron chi connectivity index (χ1n) is 23.9. The molecule has 3 heteroatoms. The van der Waals surface area contributed by atoms with Crippen molar-refractivity contribution in [2.24, 2.45) is 0 Å². The molecule has 0 saturated heterocycles. The Morgan fingerprint density at radius 1 is 0.433 bits per heavy atom. The summed E-state index contributed by atoms with van der Waals surface area (Å²) in [5, 5.41) is 7.85. The Balaban J connectivity index is 1.01. The molecule has 13 rings (SSSR count). The zero-order valence-corrected chi connectivity index (χ0v) is 38.1. The minimum Gasteiger partial charge on any atom is -0.310 e. The van der Waals surface area contributed by atoms with E-state index < -0.39 is 0 Å². The van der Waals surface area contributed by atoms with Crippen LogP contribution in [0.2, 0.25) is 0 Å². The Hall–Kier alpha value is -7.72. The first-order valence-corrected chi connectivity index (χ1v) is 24.7. The van der Waals surface area contributed by atoms with Gasteiger partial charge in [0, 0.05) is 59.1 Å². The zero-order valence-electron chi connectivity index (χ0n) is 37.3. The minimum absolute atomic E-state index is 0.577. The Morgan fingerprint density at radius 2 is 1.09 bits per heavy atom. The van der Waals surface area contributed by atoms with Crippen LogP contribution in [-0.4, -0.2) is 4.57 Å². The molecule has 1 fully saturated rings. The fourth-order valence-corrected chi connectivity index (χ4v) is 12.6. The van der Waals surface area contributed by atoms with E-state index in [0.717, 1.165) is 22.7 Å². The molecular weight excluding hydrogens is 829 g/mol. The summed E-state index contributed by atoms with van der Waals surface area (Å²) in [6, 6.07) is 83.5. The molecule has 12 aromatic rings. The molecule has 0 radical (unpaired) electrons. The first kappa shape index (κ1) is 39.6. The number of anilines is 3. The first-order chi connectivity index (χ1) is 33.3. The van der Waals surface area contributed by atoms with E-state index in [1.54, 1.807) is 0 Å². The molecule has 0 unspecified atom stereocenters. The van der Waals surface area contributed by atoms with Gasteiger partial charge in [0.2, 0.25) is 0 Å². The van der Waals surface area contributed by atoms with Gasteiger partial charge in [0.1, 0.15) is 0 Å². The topological polar surface area (TPSA) is 8.17 Å². The van der Waals surface area contributed by atoms with E-state index in [0.29, 0.717) is 5.92 Å². The third-order valence-electron chi connectivity index (χ3n) is 14.4. The van der Waals surface area contributed by atoms with Crippen LogP contribution in [0.1, 0.15) is 43.6 Å². The van der Waals surface area contributed by atoms with E-state index >= 15 is 0 Å². The Labute approximate surface area is 395 Å². The maximum absolute atomic E-state index is 2.50. The molecule has 1 aliphatic rings. The van der Waals surface area contributed by atoms with Gasteiger partial charge in [-0.1, -0.05) is 189 Å². The summed E-state index contributed by atoms with van der Waals surface area (Å²) in [5.74, 6) is 0.577. The highest BCUT2D eigenvalue weighted by atomic mass is 32.1. The summed E-state index contributed by atoms with van der Waals surface area (Å²) >= 11 is 1.89. The molecular formula is C64H48N2S. The van der Waals surface area contributed by atoms with E-state index in [4.69, 9.17) is 0 Å². The van der Waals surface area contributed by atoms with E-state index in [1.165, 1.54) is 124 Å². The third-order valence-corrected chi connectivity index (χ3v) is 15.6. The lowest BCUT2D eigenvalue weighted by Gasteiger charge is -2.29. The highest BCUT2D eigenvalue weighted by Crippen LogP contribution is 2.48. The van der Waals surface area contributed by atoms with Crippen LogP contribution in [0.5, 0.6) is 0 Å². The summed E-state index contributed by atoms with van der Waals surface area (Å²) in [4.78, 5) is 2.50. The van der Waals surface area contributed by atoms with Crippen molar-refractivity contribution in [2.45, 2.75) is 38.0 Å². The summed E-state index contributed by atoms with van der Waals surface area (Å²) in [7, 11) is 0. The lowest BCUT2D eigenvalue weighted by atomic mass is 9.80. The average molecular weight is 877 g/mol. The quantitative estimate of drug-likeness (QED) is 0.148. The molecule has 2 nitrogen and oxygen atoms in total. The van der Waals surface area contributed by atoms with Crippen molar-refractivity contribution in [3.05, 3.63) is 230 Å². The molecule has 1 aliphatic carbocycles. The average Bonchev–Trinajstić information content (AvgIpc) is 3.96. The van der Waals surface area contributed by atoms with Gasteiger partial charge >= 0.3 is 0 Å². The number of para-hydroxylation sites is 4. The normalized spacial score (nSPS) is 13.3. The molecule has 2 heterocycles. The van der Waals surface area contributed by atoms with E-state index in [-0.39, 0.29) is 0 Å². The molecule has 0 bridgehead atoms. The second kappa shape index (κ2) is 16.6. The van der Waals surface area contributed by atoms with Gasteiger partial charge in [0.15, 0.2) is 0 Å². The van der Waals surface area contributed by atoms with Crippen molar-refractivity contribution >= 4 is 81.1 Å². The summed E-state index contributed by atoms with van der Waals surface area (Å²) in [6.45, 7) is 0. The van der Waals surface area contributed by atoms with Gasteiger partial charge in [0.25, 0.3) is 0 Å². The molecule has 10 aromatic carbocycles. The molecule has 0 aliphatic heterocycles. The highest BCUT2D eigenvalue weighted by Gasteiger charge is 2.24. The van der Waals surface area contributed by atoms with Crippen LogP contribution < -0.4 is 4.90 Å². The van der Waals surface area contributed by atoms with Gasteiger partial charge in [-0.25, -0.2) is 0 Å². The predicted octanol–water partition coefficient (Wildman–Crippen LogP) is 18.8. The van der Waals surface area contributed by atoms with Gasteiger partial charge in [-0.15, -0.1) is 11.3 Å². The van der Waals surface area contributed by atoms with Crippen LogP contribution in [0, 0.1) is 0 Å². The maximum Gasteiger partial charge on any atom is 0.0619 e. The summed E-state index contributed by atoms with van der Waals surface area (Å²) < 4.78 is 5.08. The lowest BCUT2D eigenvalue weighted by Crippen LogP contribution is -2.11. The molecule has 1 saturated carbocycles. The Morgan fingerprint density at radius 3 is 1.96 bits per heavy atom. The smallest absolute Gasteiger partial charge is 0.0619 e. The van der Waals surface area contributed by atoms with Crippen LogP contribution in [0.15, 0.2) is 224 Å². The number of hydrogen-bond acceptors (Lipinski definition) is 2. The van der Waals surface area contributed by atoms with Gasteiger partial charge < -0.3 is 9.47 Å². The van der Waals surface area contributed by atoms with Crippen LogP contribution in [0.25, 0.3) is 91.8 Å². The van der Waals surface area contributed by atoms with Crippen molar-refractivity contribution in [1.29, 1.82) is 0 Å². The minimum atomic E-state index is 0.577. The fourth-order valence-electron chi connectivity index (χ4n) is 11.3. The number of fused-ring (bicyclic) bond motifs is 7. The van der Waals surface area contributed by atoms with E-state index in [2.05, 4.69) is 234 Å². The SMILES string of the molecule is c1ccc(-n2c3ccccc3c3cccc(-c4ccc(N(c5cccc(-c6cccc7c6sc6ccccc67)c5)c5ccccc5-c5cccc6cccc(C7CCCCC7)c56)cc4)c32)cc1. The van der Waals surface area contributed by atoms with Crippen molar-refractivity contribution in [2.75, 3.05) is 4.90 Å². The number of thiophene rings is 1. The second-order valence-corrected chi connectivity index (χ2v) is 19.3. The van der Waals surface area contributed by atoms with Crippen LogP contribution in [-0.2, 0) is 0 Å². The predicted molar refractivity (Wildman–Crippen MR) is 288 cm³/mol. The molecule has 2 aromatic heterocycles. The second-order valence-electron chi connectivity index (χ2n) is 18.2. The van der Waals surface area contributed by atoms with Crippen molar-refractivity contribution in [3.63, 3.8) is 0 Å². The van der Waals surface area contributed by atoms with Crippen LogP contribution in [0.4, 0.5) is 17.1 Å². The summed E-state index contributed by atoms with van der Waals surface area (Å²) in [6.07, 6.45) is 6.46. The largest absolute Gasteiger partial charge is 0.310 e. The Kier molecular flexibility index (Phi) is 9.83. The number of rotatable bonds is 8. The zero-order chi connectivity index (χ0) is 44.3. The van der Waals surface area contributed by atoms with Crippen molar-refractivity contribution < 1.29 is 0 Å². The summed E-state index contributed by atoms with van der Waals surface area (Å²) in [5.41, 5.74) is 15.9. The number of aromatic nitrogens is 1. The van der Waals surface area contributed by atoms with Gasteiger partial charge in [0.05, 0.1) is 16.7 Å². The number of benzene rings is 10. The highest BCUT2D eigenvalue weighted by molar-refractivity contribution is 7.26. The monoisotopic (exact) mass is 876 g/mol. The lowest BCUT2D eigenvalue weighted by molar-refractivity contribution is 0.445. The third kappa shape index (κ3) is 6.76. The van der Waals surface area contributed by atoms with Gasteiger partial charge in [-0.3, -0.25) is 0 Å². The molecule has 320 valence electrons. The van der Waals surface area contributed by atoms with E-state index in [1.807, 2.05) is 11.3 Å². The standard InChI is InChI=1S/C64H48N2S/c1-3-18-43(19-4-1)50-29-14-20-45-21-15-32-56(62(45)50)53-26-7-10-35-59(53)65(49-25-13-22-46(42-49)52-31-17-34-58-55-28-9-12-37-61(55)67-64(52)58)48-40-38-44(39-41-48)51-30-16-33-57-54-27-8-11-36-60(54)66(63(51)57)47-23-5-2-6-24-47/h2,5-17,20-43H,1,3-4,18-19H2. The van der Waals surface area contributed by atoms with Crippen LogP contribution in [0.3, 0.4) is 0 Å². The molecule has 0 amide bonds. The molecule has 0 N–H and O–H groups in total.